The van der Waals surface area contributed by atoms with Gasteiger partial charge in [0.15, 0.2) is 0 Å². The first kappa shape index (κ1) is 64.5. The van der Waals surface area contributed by atoms with E-state index in [2.05, 4.69) is 36.0 Å². The number of rotatable bonds is 33. The first-order chi connectivity index (χ1) is 38.6. The number of carboxylic acids is 4. The van der Waals surface area contributed by atoms with Crippen LogP contribution in [-0.4, -0.2) is 245 Å². The molecule has 8 N–H and O–H groups in total. The molecule has 3 saturated heterocycles. The van der Waals surface area contributed by atoms with Crippen molar-refractivity contribution in [3.63, 3.8) is 0 Å². The summed E-state index contributed by atoms with van der Waals surface area (Å²) in [6, 6.07) is 6.84. The summed E-state index contributed by atoms with van der Waals surface area (Å²) in [5.74, 6) is -2.45. The van der Waals surface area contributed by atoms with Crippen LogP contribution in [0.25, 0.3) is 0 Å². The Balaban J connectivity index is 1.08. The minimum atomic E-state index is -1.07. The standard InChI is InChI=1S/C55H90N14O11/c1-43(58-55(80)57-22-36-70)15-10-11-21-56-47(71)16-9-6-4-2-3-5-7-12-23-63-30-33-68(34-31-63)54-61-52(60-53(62-54)67-24-13-8-14-25-67)59-45-19-17-44(18-20-45)37-46-38-66(41-50(76)77)29-28-64(39-48(72)73)26-27-65(40-49(74)75)32-35-69(46)42-51(78)79/h17-20,36,43,46H,2-16,21-35,37-42H2,1H3,(H,56,71)(H,72,73)(H,74,75)(H,76,77)(H,78,79)(H2,57,58,80)(H,59,60,61,62). The summed E-state index contributed by atoms with van der Waals surface area (Å²) in [4.78, 5) is 111. The number of anilines is 4. The minimum absolute atomic E-state index is 0.00579. The zero-order valence-electron chi connectivity index (χ0n) is 47.1. The van der Waals surface area contributed by atoms with Gasteiger partial charge >= 0.3 is 29.9 Å². The molecule has 2 atom stereocenters. The van der Waals surface area contributed by atoms with Gasteiger partial charge in [-0.1, -0.05) is 50.7 Å². The highest BCUT2D eigenvalue weighted by atomic mass is 16.4. The molecule has 1 aromatic heterocycles. The summed E-state index contributed by atoms with van der Waals surface area (Å²) in [5, 5.41) is 50.9. The lowest BCUT2D eigenvalue weighted by molar-refractivity contribution is -0.142. The van der Waals surface area contributed by atoms with Crippen molar-refractivity contribution in [3.05, 3.63) is 29.8 Å². The van der Waals surface area contributed by atoms with E-state index in [9.17, 15) is 54.0 Å². The van der Waals surface area contributed by atoms with E-state index < -0.39 is 29.9 Å². The van der Waals surface area contributed by atoms with Gasteiger partial charge in [0, 0.05) is 116 Å². The van der Waals surface area contributed by atoms with Gasteiger partial charge in [-0.3, -0.25) is 48.5 Å². The van der Waals surface area contributed by atoms with E-state index in [-0.39, 0.29) is 96.5 Å². The summed E-state index contributed by atoms with van der Waals surface area (Å²) in [5.41, 5.74) is 1.60. The van der Waals surface area contributed by atoms with Crippen molar-refractivity contribution < 1.29 is 54.0 Å². The van der Waals surface area contributed by atoms with Gasteiger partial charge in [0.25, 0.3) is 0 Å². The maximum absolute atomic E-state index is 12.3. The maximum atomic E-state index is 12.3. The average molecular weight is 1120 g/mol. The largest absolute Gasteiger partial charge is 0.480 e. The summed E-state index contributed by atoms with van der Waals surface area (Å²) >= 11 is 0. The molecule has 0 spiro atoms. The van der Waals surface area contributed by atoms with E-state index in [1.54, 1.807) is 19.6 Å². The predicted octanol–water partition coefficient (Wildman–Crippen LogP) is 2.88. The number of nitrogens with one attached hydrogen (secondary N) is 4. The molecule has 3 aliphatic rings. The lowest BCUT2D eigenvalue weighted by Gasteiger charge is -2.37. The topological polar surface area (TPSA) is 310 Å². The van der Waals surface area contributed by atoms with Crippen molar-refractivity contribution in [2.75, 3.05) is 146 Å². The molecular formula is C55H90N14O11. The van der Waals surface area contributed by atoms with E-state index in [4.69, 9.17) is 15.0 Å². The van der Waals surface area contributed by atoms with Crippen LogP contribution >= 0.6 is 0 Å². The van der Waals surface area contributed by atoms with Gasteiger partial charge in [0.05, 0.1) is 32.7 Å². The van der Waals surface area contributed by atoms with E-state index in [0.29, 0.717) is 43.5 Å². The third-order valence-electron chi connectivity index (χ3n) is 14.9. The Morgan fingerprint density at radius 3 is 1.73 bits per heavy atom. The van der Waals surface area contributed by atoms with Crippen LogP contribution in [0, 0.1) is 0 Å². The van der Waals surface area contributed by atoms with Crippen LogP contribution < -0.4 is 31.1 Å². The Bertz CT molecular complexity index is 2220. The summed E-state index contributed by atoms with van der Waals surface area (Å²) < 4.78 is 0. The van der Waals surface area contributed by atoms with Gasteiger partial charge in [0.1, 0.15) is 6.29 Å². The number of amides is 3. The second-order valence-electron chi connectivity index (χ2n) is 21.5. The monoisotopic (exact) mass is 1120 g/mol. The zero-order chi connectivity index (χ0) is 57.5. The molecule has 3 amide bonds. The molecule has 0 bridgehead atoms. The first-order valence-electron chi connectivity index (χ1n) is 29.0. The van der Waals surface area contributed by atoms with Crippen molar-refractivity contribution in [3.8, 4) is 0 Å². The Morgan fingerprint density at radius 2 is 1.12 bits per heavy atom. The molecule has 2 unspecified atom stereocenters. The number of piperidine rings is 1. The number of piperazine rings is 1. The highest BCUT2D eigenvalue weighted by Crippen LogP contribution is 2.25. The number of aldehydes is 1. The maximum Gasteiger partial charge on any atom is 0.317 e. The van der Waals surface area contributed by atoms with E-state index in [1.165, 1.54) is 25.7 Å². The van der Waals surface area contributed by atoms with Crippen LogP contribution in [0.4, 0.5) is 28.3 Å². The Hall–Kier alpha value is -6.28. The number of benzene rings is 1. The van der Waals surface area contributed by atoms with E-state index in [1.807, 2.05) is 31.2 Å². The SMILES string of the molecule is CC(CCCCNC(=O)CCCCCCCCCCN1CCN(c2nc(Nc3ccc(CC4CN(CC(=O)O)CCN(CC(=O)O)CCN(CC(=O)O)CCN4CC(=O)O)cc3)nc(N3CCCCC3)n2)CC1)NC(=O)NCC=O. The summed E-state index contributed by atoms with van der Waals surface area (Å²) in [6.45, 7) is 8.93. The van der Waals surface area contributed by atoms with Crippen LogP contribution in [0.3, 0.4) is 0 Å². The fourth-order valence-electron chi connectivity index (χ4n) is 10.5. The highest BCUT2D eigenvalue weighted by Gasteiger charge is 2.28. The number of carbonyl (C=O) groups is 7. The van der Waals surface area contributed by atoms with E-state index in [0.717, 1.165) is 121 Å². The number of hydrogen-bond acceptors (Lipinski definition) is 18. The van der Waals surface area contributed by atoms with Gasteiger partial charge in [-0.25, -0.2) is 4.79 Å². The molecule has 0 saturated carbocycles. The van der Waals surface area contributed by atoms with Gasteiger partial charge in [0.2, 0.25) is 23.8 Å². The van der Waals surface area contributed by atoms with E-state index >= 15 is 0 Å². The van der Waals surface area contributed by atoms with Crippen molar-refractivity contribution in [1.29, 1.82) is 0 Å². The molecule has 0 radical (unpaired) electrons. The smallest absolute Gasteiger partial charge is 0.317 e. The molecule has 25 nitrogen and oxygen atoms in total. The van der Waals surface area contributed by atoms with Gasteiger partial charge < -0.3 is 56.3 Å². The fraction of sp³-hybridized carbons (Fsp3) is 0.709. The number of nitrogens with zero attached hydrogens (tertiary/aromatic N) is 10. The number of aromatic nitrogens is 3. The van der Waals surface area contributed by atoms with Crippen molar-refractivity contribution in [2.45, 2.75) is 122 Å². The van der Waals surface area contributed by atoms with Gasteiger partial charge in [-0.05, 0) is 89.0 Å². The lowest BCUT2D eigenvalue weighted by Crippen LogP contribution is -2.53. The molecule has 4 heterocycles. The number of hydrogen-bond donors (Lipinski definition) is 8. The van der Waals surface area contributed by atoms with Crippen LogP contribution in [-0.2, 0) is 35.2 Å². The summed E-state index contributed by atoms with van der Waals surface area (Å²) in [7, 11) is 0. The molecule has 2 aromatic rings. The quantitative estimate of drug-likeness (QED) is 0.0376. The fourth-order valence-corrected chi connectivity index (χ4v) is 10.5. The van der Waals surface area contributed by atoms with Crippen molar-refractivity contribution in [1.82, 2.24) is 55.4 Å². The molecule has 5 rings (SSSR count). The molecule has 25 heteroatoms. The average Bonchev–Trinajstić information content (AvgIpc) is 3.43. The molecule has 0 aliphatic carbocycles. The first-order valence-corrected chi connectivity index (χ1v) is 29.0. The molecule has 80 heavy (non-hydrogen) atoms. The second kappa shape index (κ2) is 36.2. The van der Waals surface area contributed by atoms with Crippen LogP contribution in [0.15, 0.2) is 24.3 Å². The number of carbonyl (C=O) groups excluding carboxylic acids is 3. The number of unbranched alkanes of at least 4 members (excludes halogenated alkanes) is 8. The number of urea groups is 1. The van der Waals surface area contributed by atoms with Crippen LogP contribution in [0.5, 0.6) is 0 Å². The van der Waals surface area contributed by atoms with Gasteiger partial charge in [-0.2, -0.15) is 15.0 Å². The number of carboxylic acid groups (broad SMARTS) is 4. The third-order valence-corrected chi connectivity index (χ3v) is 14.9. The van der Waals surface area contributed by atoms with Crippen LogP contribution in [0.2, 0.25) is 0 Å². The second-order valence-corrected chi connectivity index (χ2v) is 21.5. The lowest BCUT2D eigenvalue weighted by atomic mass is 10.0. The molecule has 446 valence electrons. The minimum Gasteiger partial charge on any atom is -0.480 e. The normalized spacial score (nSPS) is 18.1. The molecular weight excluding hydrogens is 1030 g/mol. The number of aliphatic carboxylic acids is 4. The Labute approximate surface area is 471 Å². The molecule has 3 fully saturated rings. The summed E-state index contributed by atoms with van der Waals surface area (Å²) in [6.07, 6.45) is 16.4. The Morgan fingerprint density at radius 1 is 0.588 bits per heavy atom. The van der Waals surface area contributed by atoms with Gasteiger partial charge in [-0.15, -0.1) is 0 Å². The molecule has 3 aliphatic heterocycles. The van der Waals surface area contributed by atoms with Crippen molar-refractivity contribution >= 4 is 65.6 Å². The highest BCUT2D eigenvalue weighted by molar-refractivity contribution is 5.77. The van der Waals surface area contributed by atoms with Crippen LogP contribution in [0.1, 0.15) is 109 Å². The van der Waals surface area contributed by atoms with Crippen molar-refractivity contribution in [2.24, 2.45) is 0 Å². The predicted molar refractivity (Wildman–Crippen MR) is 304 cm³/mol. The third kappa shape index (κ3) is 25.9. The zero-order valence-corrected chi connectivity index (χ0v) is 47.1. The Kier molecular flexibility index (Phi) is 29.2. The molecule has 1 aromatic carbocycles.